The maximum absolute atomic E-state index is 5.78. The summed E-state index contributed by atoms with van der Waals surface area (Å²) in [6.07, 6.45) is 2.53. The number of hydrogen-bond donors (Lipinski definition) is 2. The van der Waals surface area contributed by atoms with Crippen LogP contribution < -0.4 is 11.1 Å². The highest BCUT2D eigenvalue weighted by Gasteiger charge is 2.40. The summed E-state index contributed by atoms with van der Waals surface area (Å²) < 4.78 is 0. The maximum atomic E-state index is 5.78. The Bertz CT molecular complexity index is 324. The normalized spacial score (nSPS) is 20.5. The van der Waals surface area contributed by atoms with E-state index in [0.717, 1.165) is 5.13 Å². The molecule has 0 aliphatic heterocycles. The van der Waals surface area contributed by atoms with Gasteiger partial charge in [-0.05, 0) is 25.7 Å². The number of aromatic nitrogens is 1. The number of nitrogens with two attached hydrogens (primary N) is 1. The van der Waals surface area contributed by atoms with Gasteiger partial charge >= 0.3 is 0 Å². The molecule has 0 aromatic carbocycles. The third-order valence-corrected chi connectivity index (χ3v) is 3.85. The molecule has 1 saturated carbocycles. The van der Waals surface area contributed by atoms with E-state index in [1.165, 1.54) is 24.2 Å². The molecule has 0 bridgehead atoms. The van der Waals surface area contributed by atoms with Crippen molar-refractivity contribution < 1.29 is 0 Å². The number of nitrogens with one attached hydrogen (secondary N) is 1. The SMILES string of the molecule is CC(CN)(Nc1nc(Cl)cs1)C1CC1. The van der Waals surface area contributed by atoms with E-state index in [1.54, 1.807) is 0 Å². The highest BCUT2D eigenvalue weighted by molar-refractivity contribution is 7.14. The number of nitrogens with zero attached hydrogens (tertiary/aromatic N) is 1. The number of rotatable bonds is 4. The van der Waals surface area contributed by atoms with Crippen molar-refractivity contribution in [3.05, 3.63) is 10.5 Å². The molecule has 0 saturated heterocycles. The van der Waals surface area contributed by atoms with Crippen molar-refractivity contribution >= 4 is 28.1 Å². The quantitative estimate of drug-likeness (QED) is 0.837. The highest BCUT2D eigenvalue weighted by atomic mass is 35.5. The van der Waals surface area contributed by atoms with E-state index >= 15 is 0 Å². The van der Waals surface area contributed by atoms with E-state index < -0.39 is 0 Å². The summed E-state index contributed by atoms with van der Waals surface area (Å²) in [5, 5.41) is 6.63. The van der Waals surface area contributed by atoms with Crippen molar-refractivity contribution in [3.63, 3.8) is 0 Å². The Morgan fingerprint density at radius 1 is 1.79 bits per heavy atom. The molecule has 14 heavy (non-hydrogen) atoms. The van der Waals surface area contributed by atoms with Crippen LogP contribution in [0.25, 0.3) is 0 Å². The van der Waals surface area contributed by atoms with Gasteiger partial charge in [0.25, 0.3) is 0 Å². The first kappa shape index (κ1) is 10.2. The van der Waals surface area contributed by atoms with Crippen LogP contribution in [0.4, 0.5) is 5.13 Å². The fourth-order valence-electron chi connectivity index (χ4n) is 1.60. The summed E-state index contributed by atoms with van der Waals surface area (Å²) >= 11 is 7.28. The molecule has 1 aromatic heterocycles. The molecule has 1 atom stereocenters. The van der Waals surface area contributed by atoms with Gasteiger partial charge in [-0.25, -0.2) is 4.98 Å². The predicted octanol–water partition coefficient (Wildman–Crippen LogP) is 2.34. The largest absolute Gasteiger partial charge is 0.355 e. The van der Waals surface area contributed by atoms with Gasteiger partial charge in [0.2, 0.25) is 0 Å². The molecule has 78 valence electrons. The lowest BCUT2D eigenvalue weighted by atomic mass is 9.96. The molecule has 3 nitrogen and oxygen atoms in total. The molecule has 2 rings (SSSR count). The third kappa shape index (κ3) is 2.02. The van der Waals surface area contributed by atoms with Crippen LogP contribution in [-0.4, -0.2) is 17.1 Å². The van der Waals surface area contributed by atoms with E-state index in [-0.39, 0.29) is 5.54 Å². The van der Waals surface area contributed by atoms with E-state index in [0.29, 0.717) is 17.6 Å². The zero-order chi connectivity index (χ0) is 10.2. The molecule has 0 amide bonds. The van der Waals surface area contributed by atoms with Gasteiger partial charge in [0.1, 0.15) is 5.15 Å². The van der Waals surface area contributed by atoms with Crippen LogP contribution >= 0.6 is 22.9 Å². The third-order valence-electron chi connectivity index (χ3n) is 2.77. The van der Waals surface area contributed by atoms with E-state index in [1.807, 2.05) is 5.38 Å². The zero-order valence-electron chi connectivity index (χ0n) is 8.09. The van der Waals surface area contributed by atoms with Crippen LogP contribution in [0.15, 0.2) is 5.38 Å². The standard InChI is InChI=1S/C9H14ClN3S/c1-9(5-11,6-2-3-6)13-8-12-7(10)4-14-8/h4,6H,2-3,5,11H2,1H3,(H,12,13). The Balaban J connectivity index is 2.07. The van der Waals surface area contributed by atoms with Crippen LogP contribution in [0, 0.1) is 5.92 Å². The topological polar surface area (TPSA) is 50.9 Å². The molecular weight excluding hydrogens is 218 g/mol. The fourth-order valence-corrected chi connectivity index (χ4v) is 2.57. The number of thiazole rings is 1. The predicted molar refractivity (Wildman–Crippen MR) is 60.9 cm³/mol. The van der Waals surface area contributed by atoms with Crippen molar-refractivity contribution in [1.29, 1.82) is 0 Å². The lowest BCUT2D eigenvalue weighted by molar-refractivity contribution is 0.459. The van der Waals surface area contributed by atoms with Crippen LogP contribution in [-0.2, 0) is 0 Å². The van der Waals surface area contributed by atoms with E-state index in [2.05, 4.69) is 17.2 Å². The summed E-state index contributed by atoms with van der Waals surface area (Å²) in [5.74, 6) is 0.690. The first-order valence-electron chi connectivity index (χ1n) is 4.73. The Morgan fingerprint density at radius 3 is 2.93 bits per heavy atom. The Labute approximate surface area is 92.7 Å². The number of hydrogen-bond acceptors (Lipinski definition) is 4. The van der Waals surface area contributed by atoms with E-state index in [4.69, 9.17) is 17.3 Å². The molecule has 1 fully saturated rings. The first-order valence-corrected chi connectivity index (χ1v) is 5.99. The minimum Gasteiger partial charge on any atom is -0.355 e. The molecule has 1 unspecified atom stereocenters. The minimum absolute atomic E-state index is 0.0127. The molecular formula is C9H14ClN3S. The summed E-state index contributed by atoms with van der Waals surface area (Å²) in [6.45, 7) is 2.79. The van der Waals surface area contributed by atoms with Gasteiger partial charge < -0.3 is 11.1 Å². The number of anilines is 1. The second-order valence-corrected chi connectivity index (χ2v) is 5.24. The second-order valence-electron chi connectivity index (χ2n) is 4.00. The van der Waals surface area contributed by atoms with Gasteiger partial charge in [-0.15, -0.1) is 11.3 Å². The Morgan fingerprint density at radius 2 is 2.50 bits per heavy atom. The van der Waals surface area contributed by atoms with Crippen molar-refractivity contribution in [2.24, 2.45) is 11.7 Å². The van der Waals surface area contributed by atoms with Gasteiger partial charge in [-0.3, -0.25) is 0 Å². The molecule has 1 heterocycles. The summed E-state index contributed by atoms with van der Waals surface area (Å²) in [5.41, 5.74) is 5.77. The lowest BCUT2D eigenvalue weighted by Crippen LogP contribution is -2.44. The molecule has 0 radical (unpaired) electrons. The van der Waals surface area contributed by atoms with Crippen LogP contribution in [0.1, 0.15) is 19.8 Å². The molecule has 1 aromatic rings. The van der Waals surface area contributed by atoms with Gasteiger partial charge in [-0.2, -0.15) is 0 Å². The summed E-state index contributed by atoms with van der Waals surface area (Å²) in [4.78, 5) is 4.17. The van der Waals surface area contributed by atoms with Crippen molar-refractivity contribution in [1.82, 2.24) is 4.98 Å². The van der Waals surface area contributed by atoms with Gasteiger partial charge in [0, 0.05) is 11.9 Å². The molecule has 3 N–H and O–H groups in total. The average Bonchev–Trinajstić information content (AvgIpc) is 2.93. The minimum atomic E-state index is -0.0127. The van der Waals surface area contributed by atoms with Gasteiger partial charge in [0.15, 0.2) is 5.13 Å². The second kappa shape index (κ2) is 3.68. The van der Waals surface area contributed by atoms with Gasteiger partial charge in [-0.1, -0.05) is 11.6 Å². The smallest absolute Gasteiger partial charge is 0.184 e. The van der Waals surface area contributed by atoms with E-state index in [9.17, 15) is 0 Å². The Hall–Kier alpha value is -0.320. The highest BCUT2D eigenvalue weighted by Crippen LogP contribution is 2.41. The average molecular weight is 232 g/mol. The van der Waals surface area contributed by atoms with Crippen molar-refractivity contribution in [2.75, 3.05) is 11.9 Å². The monoisotopic (exact) mass is 231 g/mol. The Kier molecular flexibility index (Phi) is 2.68. The number of halogens is 1. The molecule has 1 aliphatic rings. The van der Waals surface area contributed by atoms with Crippen molar-refractivity contribution in [2.45, 2.75) is 25.3 Å². The maximum Gasteiger partial charge on any atom is 0.184 e. The molecule has 5 heteroatoms. The van der Waals surface area contributed by atoms with Crippen molar-refractivity contribution in [3.8, 4) is 0 Å². The first-order chi connectivity index (χ1) is 6.64. The zero-order valence-corrected chi connectivity index (χ0v) is 9.66. The van der Waals surface area contributed by atoms with Crippen LogP contribution in [0.2, 0.25) is 5.15 Å². The summed E-state index contributed by atoms with van der Waals surface area (Å²) in [7, 11) is 0. The van der Waals surface area contributed by atoms with Crippen LogP contribution in [0.3, 0.4) is 0 Å². The van der Waals surface area contributed by atoms with Crippen LogP contribution in [0.5, 0.6) is 0 Å². The summed E-state index contributed by atoms with van der Waals surface area (Å²) in [6, 6.07) is 0. The van der Waals surface area contributed by atoms with Gasteiger partial charge in [0.05, 0.1) is 5.54 Å². The molecule has 0 spiro atoms. The lowest BCUT2D eigenvalue weighted by Gasteiger charge is -2.29. The fraction of sp³-hybridized carbons (Fsp3) is 0.667. The molecule has 1 aliphatic carbocycles.